The van der Waals surface area contributed by atoms with Crippen molar-refractivity contribution in [2.45, 2.75) is 31.6 Å². The lowest BCUT2D eigenvalue weighted by atomic mass is 10.2. The lowest BCUT2D eigenvalue weighted by Crippen LogP contribution is -2.39. The van der Waals surface area contributed by atoms with E-state index < -0.39 is 38.5 Å². The molecule has 0 aliphatic carbocycles. The molecule has 3 rings (SSSR count). The number of carbonyl (C=O) groups excluding carboxylic acids is 1. The molecular weight excluding hydrogens is 423 g/mol. The Labute approximate surface area is 163 Å². The summed E-state index contributed by atoms with van der Waals surface area (Å²) in [4.78, 5) is 17.0. The van der Waals surface area contributed by atoms with Crippen molar-refractivity contribution in [3.8, 4) is 0 Å². The summed E-state index contributed by atoms with van der Waals surface area (Å²) >= 11 is 0. The standard InChI is InChI=1S/C16H15ClF3N3O4S/c17-28(25,26)10-12-14(16(18,19)20)21-13-8-22(6-7-23(12)13)15(24)27-9-11-4-2-1-3-5-11/h1-5H,6-10H2. The molecule has 7 nitrogen and oxygen atoms in total. The SMILES string of the molecule is O=C(OCc1ccccc1)N1CCn2c(nc(C(F)(F)F)c2CS(=O)(=O)Cl)C1. The van der Waals surface area contributed by atoms with E-state index in [4.69, 9.17) is 15.4 Å². The van der Waals surface area contributed by atoms with Gasteiger partial charge in [0.25, 0.3) is 0 Å². The summed E-state index contributed by atoms with van der Waals surface area (Å²) < 4.78 is 68.7. The number of hydrogen-bond acceptors (Lipinski definition) is 5. The average molecular weight is 438 g/mol. The van der Waals surface area contributed by atoms with E-state index in [0.29, 0.717) is 0 Å². The van der Waals surface area contributed by atoms with Crippen LogP contribution in [0.3, 0.4) is 0 Å². The number of halogens is 4. The van der Waals surface area contributed by atoms with Crippen molar-refractivity contribution in [1.82, 2.24) is 14.5 Å². The monoisotopic (exact) mass is 437 g/mol. The van der Waals surface area contributed by atoms with E-state index in [2.05, 4.69) is 4.98 Å². The maximum absolute atomic E-state index is 13.3. The Balaban J connectivity index is 1.78. The predicted molar refractivity (Wildman–Crippen MR) is 92.7 cm³/mol. The second-order valence-corrected chi connectivity index (χ2v) is 8.89. The van der Waals surface area contributed by atoms with Crippen molar-refractivity contribution in [1.29, 1.82) is 0 Å². The molecule has 0 N–H and O–H groups in total. The van der Waals surface area contributed by atoms with Crippen LogP contribution in [0.2, 0.25) is 0 Å². The number of hydrogen-bond donors (Lipinski definition) is 0. The van der Waals surface area contributed by atoms with E-state index >= 15 is 0 Å². The third kappa shape index (κ3) is 4.76. The van der Waals surface area contributed by atoms with Crippen LogP contribution in [0.25, 0.3) is 0 Å². The number of aromatic nitrogens is 2. The van der Waals surface area contributed by atoms with Crippen LogP contribution in [-0.4, -0.2) is 35.5 Å². The van der Waals surface area contributed by atoms with Crippen LogP contribution in [0.15, 0.2) is 30.3 Å². The summed E-state index contributed by atoms with van der Waals surface area (Å²) in [5, 5.41) is 0. The highest BCUT2D eigenvalue weighted by atomic mass is 35.7. The van der Waals surface area contributed by atoms with Crippen molar-refractivity contribution in [2.75, 3.05) is 6.54 Å². The fraction of sp³-hybridized carbons (Fsp3) is 0.375. The minimum absolute atomic E-state index is 0.0220. The number of alkyl halides is 3. The molecule has 0 unspecified atom stereocenters. The summed E-state index contributed by atoms with van der Waals surface area (Å²) in [5.74, 6) is -1.08. The first-order valence-electron chi connectivity index (χ1n) is 8.08. The number of amides is 1. The number of benzene rings is 1. The molecule has 2 heterocycles. The molecule has 0 spiro atoms. The number of imidazole rings is 1. The zero-order valence-corrected chi connectivity index (χ0v) is 15.9. The highest BCUT2D eigenvalue weighted by Crippen LogP contribution is 2.34. The summed E-state index contributed by atoms with van der Waals surface area (Å²) in [5.41, 5.74) is -1.08. The molecule has 0 fully saturated rings. The number of carbonyl (C=O) groups is 1. The average Bonchev–Trinajstić information content (AvgIpc) is 2.97. The molecule has 0 bridgehead atoms. The first-order valence-corrected chi connectivity index (χ1v) is 10.6. The summed E-state index contributed by atoms with van der Waals surface area (Å²) in [6.45, 7) is -0.225. The van der Waals surface area contributed by atoms with Crippen molar-refractivity contribution in [3.05, 3.63) is 53.1 Å². The van der Waals surface area contributed by atoms with Crippen LogP contribution >= 0.6 is 10.7 Å². The van der Waals surface area contributed by atoms with E-state index in [1.165, 1.54) is 4.90 Å². The quantitative estimate of drug-likeness (QED) is 0.686. The van der Waals surface area contributed by atoms with Gasteiger partial charge in [-0.05, 0) is 5.56 Å². The molecule has 1 aliphatic rings. The molecule has 1 aromatic heterocycles. The van der Waals surface area contributed by atoms with Gasteiger partial charge in [-0.25, -0.2) is 18.2 Å². The van der Waals surface area contributed by atoms with Gasteiger partial charge in [0.1, 0.15) is 18.2 Å². The molecule has 0 atom stereocenters. The Morgan fingerprint density at radius 2 is 1.89 bits per heavy atom. The number of nitrogens with zero attached hydrogens (tertiary/aromatic N) is 3. The Morgan fingerprint density at radius 1 is 1.21 bits per heavy atom. The maximum Gasteiger partial charge on any atom is 0.435 e. The highest BCUT2D eigenvalue weighted by Gasteiger charge is 2.41. The molecule has 12 heteroatoms. The number of ether oxygens (including phenoxy) is 1. The third-order valence-electron chi connectivity index (χ3n) is 4.12. The Morgan fingerprint density at radius 3 is 2.50 bits per heavy atom. The zero-order chi connectivity index (χ0) is 20.5. The molecule has 1 amide bonds. The van der Waals surface area contributed by atoms with Crippen molar-refractivity contribution < 1.29 is 31.1 Å². The second-order valence-electron chi connectivity index (χ2n) is 6.12. The Kier molecular flexibility index (Phi) is 5.57. The van der Waals surface area contributed by atoms with Gasteiger partial charge in [0, 0.05) is 23.8 Å². The molecular formula is C16H15ClF3N3O4S. The Bertz CT molecular complexity index is 977. The molecule has 28 heavy (non-hydrogen) atoms. The first-order chi connectivity index (χ1) is 13.0. The Hall–Kier alpha value is -2.27. The van der Waals surface area contributed by atoms with Crippen LogP contribution in [0.5, 0.6) is 0 Å². The third-order valence-corrected chi connectivity index (χ3v) is 5.06. The summed E-state index contributed by atoms with van der Waals surface area (Å²) in [6.07, 6.45) is -5.54. The van der Waals surface area contributed by atoms with Crippen LogP contribution < -0.4 is 0 Å². The first kappa shape index (κ1) is 20.5. The zero-order valence-electron chi connectivity index (χ0n) is 14.3. The van der Waals surface area contributed by atoms with Gasteiger partial charge in [-0.3, -0.25) is 4.90 Å². The minimum Gasteiger partial charge on any atom is -0.445 e. The predicted octanol–water partition coefficient (Wildman–Crippen LogP) is 3.12. The lowest BCUT2D eigenvalue weighted by Gasteiger charge is -2.27. The fourth-order valence-corrected chi connectivity index (χ4v) is 3.82. The fourth-order valence-electron chi connectivity index (χ4n) is 2.90. The van der Waals surface area contributed by atoms with Crippen molar-refractivity contribution >= 4 is 25.8 Å². The van der Waals surface area contributed by atoms with Gasteiger partial charge in [-0.15, -0.1) is 0 Å². The van der Waals surface area contributed by atoms with Crippen LogP contribution in [-0.2, 0) is 45.4 Å². The van der Waals surface area contributed by atoms with E-state index in [1.807, 2.05) is 6.07 Å². The van der Waals surface area contributed by atoms with Gasteiger partial charge in [-0.1, -0.05) is 30.3 Å². The van der Waals surface area contributed by atoms with E-state index in [0.717, 1.165) is 10.1 Å². The lowest BCUT2D eigenvalue weighted by molar-refractivity contribution is -0.141. The van der Waals surface area contributed by atoms with Gasteiger partial charge in [0.2, 0.25) is 9.05 Å². The smallest absolute Gasteiger partial charge is 0.435 e. The van der Waals surface area contributed by atoms with Crippen LogP contribution in [0, 0.1) is 0 Å². The molecule has 1 aliphatic heterocycles. The molecule has 1 aromatic carbocycles. The molecule has 0 saturated carbocycles. The van der Waals surface area contributed by atoms with Gasteiger partial charge in [0.15, 0.2) is 5.69 Å². The summed E-state index contributed by atoms with van der Waals surface area (Å²) in [7, 11) is 0.921. The van der Waals surface area contributed by atoms with Gasteiger partial charge in [-0.2, -0.15) is 13.2 Å². The number of rotatable bonds is 4. The van der Waals surface area contributed by atoms with E-state index in [1.54, 1.807) is 24.3 Å². The molecule has 0 saturated heterocycles. The van der Waals surface area contributed by atoms with Crippen molar-refractivity contribution in [2.24, 2.45) is 0 Å². The topological polar surface area (TPSA) is 81.5 Å². The van der Waals surface area contributed by atoms with Gasteiger partial charge in [0.05, 0.1) is 12.2 Å². The van der Waals surface area contributed by atoms with E-state index in [9.17, 15) is 26.4 Å². The summed E-state index contributed by atoms with van der Waals surface area (Å²) in [6, 6.07) is 8.92. The van der Waals surface area contributed by atoms with E-state index in [-0.39, 0.29) is 32.1 Å². The molecule has 2 aromatic rings. The molecule has 152 valence electrons. The number of fused-ring (bicyclic) bond motifs is 1. The van der Waals surface area contributed by atoms with Gasteiger partial charge < -0.3 is 9.30 Å². The largest absolute Gasteiger partial charge is 0.445 e. The van der Waals surface area contributed by atoms with Crippen LogP contribution in [0.1, 0.15) is 22.8 Å². The normalized spacial score (nSPS) is 14.6. The minimum atomic E-state index is -4.85. The van der Waals surface area contributed by atoms with Crippen LogP contribution in [0.4, 0.5) is 18.0 Å². The van der Waals surface area contributed by atoms with Gasteiger partial charge >= 0.3 is 12.3 Å². The highest BCUT2D eigenvalue weighted by molar-refractivity contribution is 8.13. The second kappa shape index (κ2) is 7.63. The molecule has 0 radical (unpaired) electrons. The van der Waals surface area contributed by atoms with Crippen molar-refractivity contribution in [3.63, 3.8) is 0 Å². The maximum atomic E-state index is 13.3.